The highest BCUT2D eigenvalue weighted by Gasteiger charge is 2.37. The number of hydrogen-bond donors (Lipinski definition) is 0. The summed E-state index contributed by atoms with van der Waals surface area (Å²) in [7, 11) is 3.12. The third-order valence-corrected chi connectivity index (χ3v) is 4.38. The Kier molecular flexibility index (Phi) is 5.11. The maximum absolute atomic E-state index is 12.2. The van der Waals surface area contributed by atoms with Crippen molar-refractivity contribution in [1.29, 1.82) is 0 Å². The van der Waals surface area contributed by atoms with E-state index in [-0.39, 0.29) is 24.3 Å². The molecule has 0 atom stereocenters. The number of amides is 3. The Balaban J connectivity index is 1.51. The first-order chi connectivity index (χ1) is 12.5. The number of rotatable bonds is 6. The predicted octanol–water partition coefficient (Wildman–Crippen LogP) is 1.15. The largest absolute Gasteiger partial charge is 0.493 e. The quantitative estimate of drug-likeness (QED) is 0.708. The molecule has 3 amide bonds. The third-order valence-electron chi connectivity index (χ3n) is 4.38. The molecule has 26 heavy (non-hydrogen) atoms. The predicted molar refractivity (Wildman–Crippen MR) is 91.7 cm³/mol. The Morgan fingerprint density at radius 3 is 2.58 bits per heavy atom. The van der Waals surface area contributed by atoms with Crippen LogP contribution in [0.2, 0.25) is 0 Å². The number of ether oxygens (including phenoxy) is 3. The highest BCUT2D eigenvalue weighted by Crippen LogP contribution is 2.28. The maximum Gasteiger partial charge on any atom is 0.417 e. The van der Waals surface area contributed by atoms with Crippen LogP contribution in [0.5, 0.6) is 11.5 Å². The Morgan fingerprint density at radius 2 is 1.96 bits per heavy atom. The number of benzene rings is 1. The van der Waals surface area contributed by atoms with Gasteiger partial charge in [-0.25, -0.2) is 9.69 Å². The molecule has 0 unspecified atom stereocenters. The maximum atomic E-state index is 12.2. The van der Waals surface area contributed by atoms with Crippen LogP contribution >= 0.6 is 0 Å². The van der Waals surface area contributed by atoms with Gasteiger partial charge in [-0.05, 0) is 23.8 Å². The van der Waals surface area contributed by atoms with Crippen LogP contribution in [0.4, 0.5) is 4.79 Å². The van der Waals surface area contributed by atoms with E-state index >= 15 is 0 Å². The van der Waals surface area contributed by atoms with E-state index in [0.29, 0.717) is 31.1 Å². The lowest BCUT2D eigenvalue weighted by atomic mass is 9.99. The van der Waals surface area contributed by atoms with Crippen molar-refractivity contribution >= 4 is 24.0 Å². The molecule has 8 heteroatoms. The van der Waals surface area contributed by atoms with Crippen LogP contribution < -0.4 is 9.47 Å². The Hall–Kier alpha value is -3.03. The van der Waals surface area contributed by atoms with Gasteiger partial charge in [-0.1, -0.05) is 6.07 Å². The number of carbonyl (C=O) groups is 3. The average Bonchev–Trinajstić information content (AvgIpc) is 2.93. The number of cyclic esters (lactones) is 1. The summed E-state index contributed by atoms with van der Waals surface area (Å²) in [6.45, 7) is 1.11. The van der Waals surface area contributed by atoms with Crippen molar-refractivity contribution in [3.63, 3.8) is 0 Å². The van der Waals surface area contributed by atoms with E-state index in [1.807, 2.05) is 6.07 Å². The van der Waals surface area contributed by atoms with Gasteiger partial charge in [0, 0.05) is 31.6 Å². The molecule has 2 aliphatic heterocycles. The van der Waals surface area contributed by atoms with Gasteiger partial charge in [-0.3, -0.25) is 9.59 Å². The molecule has 0 aromatic heterocycles. The second kappa shape index (κ2) is 7.47. The van der Waals surface area contributed by atoms with E-state index in [1.165, 1.54) is 6.08 Å². The summed E-state index contributed by atoms with van der Waals surface area (Å²) >= 11 is 0. The zero-order valence-electron chi connectivity index (χ0n) is 14.6. The van der Waals surface area contributed by atoms with Crippen molar-refractivity contribution in [2.45, 2.75) is 0 Å². The molecule has 138 valence electrons. The minimum Gasteiger partial charge on any atom is -0.493 e. The molecule has 0 radical (unpaired) electrons. The smallest absolute Gasteiger partial charge is 0.417 e. The molecule has 2 fully saturated rings. The number of imide groups is 1. The number of carbonyl (C=O) groups excluding carboxylic acids is 3. The first-order valence-electron chi connectivity index (χ1n) is 8.18. The lowest BCUT2D eigenvalue weighted by molar-refractivity contribution is -0.133. The fourth-order valence-corrected chi connectivity index (χ4v) is 2.91. The first-order valence-corrected chi connectivity index (χ1v) is 8.18. The molecule has 1 aromatic rings. The number of methoxy groups -OCH3 is 2. The van der Waals surface area contributed by atoms with Gasteiger partial charge in [0.2, 0.25) is 5.91 Å². The zero-order chi connectivity index (χ0) is 18.7. The van der Waals surface area contributed by atoms with Crippen molar-refractivity contribution < 1.29 is 28.6 Å². The molecular weight excluding hydrogens is 340 g/mol. The highest BCUT2D eigenvalue weighted by atomic mass is 16.6. The van der Waals surface area contributed by atoms with Crippen LogP contribution in [0, 0.1) is 5.92 Å². The molecule has 3 rings (SSSR count). The molecule has 8 nitrogen and oxygen atoms in total. The standard InChI is InChI=1S/C18H20N2O6/c1-24-14-5-3-12(7-15(14)25-2)4-6-16(21)19-8-13(9-19)10-20-17(22)11-26-18(20)23/h3-7,13H,8-11H2,1-2H3/b6-4+. The minimum atomic E-state index is -0.604. The SMILES string of the molecule is COc1ccc(/C=C/C(=O)N2CC(CN3C(=O)COC3=O)C2)cc1OC. The normalized spacial score (nSPS) is 17.5. The molecular formula is C18H20N2O6. The Bertz CT molecular complexity index is 738. The van der Waals surface area contributed by atoms with Crippen LogP contribution in [0.1, 0.15) is 5.56 Å². The Labute approximate surface area is 150 Å². The van der Waals surface area contributed by atoms with E-state index < -0.39 is 6.09 Å². The summed E-state index contributed by atoms with van der Waals surface area (Å²) in [4.78, 5) is 37.9. The molecule has 0 aliphatic carbocycles. The minimum absolute atomic E-state index is 0.0861. The topological polar surface area (TPSA) is 85.4 Å². The van der Waals surface area contributed by atoms with Crippen molar-refractivity contribution in [1.82, 2.24) is 9.80 Å². The number of hydrogen-bond acceptors (Lipinski definition) is 6. The van der Waals surface area contributed by atoms with Gasteiger partial charge >= 0.3 is 6.09 Å². The first kappa shape index (κ1) is 17.8. The molecule has 2 aliphatic rings. The second-order valence-corrected chi connectivity index (χ2v) is 6.12. The molecule has 2 saturated heterocycles. The molecule has 0 spiro atoms. The number of likely N-dealkylation sites (tertiary alicyclic amines) is 1. The van der Waals surface area contributed by atoms with Gasteiger partial charge in [-0.15, -0.1) is 0 Å². The van der Waals surface area contributed by atoms with Crippen LogP contribution in [0.25, 0.3) is 6.08 Å². The van der Waals surface area contributed by atoms with Gasteiger partial charge in [0.05, 0.1) is 14.2 Å². The monoisotopic (exact) mass is 360 g/mol. The van der Waals surface area contributed by atoms with E-state index in [2.05, 4.69) is 4.74 Å². The van der Waals surface area contributed by atoms with Crippen molar-refractivity contribution in [2.75, 3.05) is 40.5 Å². The molecule has 0 bridgehead atoms. The summed E-state index contributed by atoms with van der Waals surface area (Å²) in [6.07, 6.45) is 2.60. The van der Waals surface area contributed by atoms with Crippen LogP contribution in [-0.4, -0.2) is 68.2 Å². The Morgan fingerprint density at radius 1 is 1.23 bits per heavy atom. The van der Waals surface area contributed by atoms with Crippen LogP contribution in [-0.2, 0) is 14.3 Å². The van der Waals surface area contributed by atoms with E-state index in [1.54, 1.807) is 37.3 Å². The van der Waals surface area contributed by atoms with Crippen molar-refractivity contribution in [2.24, 2.45) is 5.92 Å². The second-order valence-electron chi connectivity index (χ2n) is 6.12. The van der Waals surface area contributed by atoms with E-state index in [9.17, 15) is 14.4 Å². The van der Waals surface area contributed by atoms with Gasteiger partial charge in [-0.2, -0.15) is 0 Å². The lowest BCUT2D eigenvalue weighted by Gasteiger charge is -2.39. The van der Waals surface area contributed by atoms with Crippen molar-refractivity contribution in [3.8, 4) is 11.5 Å². The van der Waals surface area contributed by atoms with Crippen LogP contribution in [0.15, 0.2) is 24.3 Å². The lowest BCUT2D eigenvalue weighted by Crippen LogP contribution is -2.54. The van der Waals surface area contributed by atoms with Crippen molar-refractivity contribution in [3.05, 3.63) is 29.8 Å². The number of nitrogens with zero attached hydrogens (tertiary/aromatic N) is 2. The van der Waals surface area contributed by atoms with Crippen LogP contribution in [0.3, 0.4) is 0 Å². The zero-order valence-corrected chi connectivity index (χ0v) is 14.6. The summed E-state index contributed by atoms with van der Waals surface area (Å²) in [5.74, 6) is 0.854. The van der Waals surface area contributed by atoms with Gasteiger partial charge in [0.25, 0.3) is 5.91 Å². The summed E-state index contributed by atoms with van der Waals surface area (Å²) < 4.78 is 15.1. The fraction of sp³-hybridized carbons (Fsp3) is 0.389. The summed E-state index contributed by atoms with van der Waals surface area (Å²) in [5.41, 5.74) is 0.818. The summed E-state index contributed by atoms with van der Waals surface area (Å²) in [5, 5.41) is 0. The third kappa shape index (κ3) is 3.63. The highest BCUT2D eigenvalue weighted by molar-refractivity contribution is 5.98. The average molecular weight is 360 g/mol. The molecule has 0 saturated carbocycles. The van der Waals surface area contributed by atoms with E-state index in [4.69, 9.17) is 9.47 Å². The molecule has 2 heterocycles. The van der Waals surface area contributed by atoms with Gasteiger partial charge in [0.15, 0.2) is 18.1 Å². The van der Waals surface area contributed by atoms with Gasteiger partial charge < -0.3 is 19.1 Å². The molecule has 1 aromatic carbocycles. The fourth-order valence-electron chi connectivity index (χ4n) is 2.91. The van der Waals surface area contributed by atoms with E-state index in [0.717, 1.165) is 10.5 Å². The molecule has 0 N–H and O–H groups in total. The summed E-state index contributed by atoms with van der Waals surface area (Å²) in [6, 6.07) is 5.38. The van der Waals surface area contributed by atoms with Gasteiger partial charge in [0.1, 0.15) is 0 Å².